The zero-order valence-corrected chi connectivity index (χ0v) is 20.7. The van der Waals surface area contributed by atoms with Crippen molar-refractivity contribution in [1.29, 1.82) is 0 Å². The van der Waals surface area contributed by atoms with E-state index < -0.39 is 0 Å². The fourth-order valence-corrected chi connectivity index (χ4v) is 4.04. The molecule has 2 aromatic heterocycles. The Morgan fingerprint density at radius 2 is 1.74 bits per heavy atom. The van der Waals surface area contributed by atoms with Gasteiger partial charge in [-0.1, -0.05) is 48.0 Å². The van der Waals surface area contributed by atoms with E-state index in [9.17, 15) is 4.79 Å². The van der Waals surface area contributed by atoms with E-state index in [4.69, 9.17) is 5.11 Å². The zero-order valence-electron chi connectivity index (χ0n) is 17.5. The summed E-state index contributed by atoms with van der Waals surface area (Å²) < 4.78 is 3.20. The monoisotopic (exact) mass is 607 g/mol. The van der Waals surface area contributed by atoms with Crippen molar-refractivity contribution in [3.05, 3.63) is 104 Å². The van der Waals surface area contributed by atoms with Crippen LogP contribution in [0.1, 0.15) is 19.4 Å². The number of allylic oxidation sites excluding steroid dienone is 2. The first-order chi connectivity index (χ1) is 14.4. The number of hydrogen-bond acceptors (Lipinski definition) is 3. The topological polar surface area (TPSA) is 41.2 Å². The molecule has 1 radical (unpaired) electrons. The van der Waals surface area contributed by atoms with Crippen LogP contribution in [0.4, 0.5) is 0 Å². The smallest absolute Gasteiger partial charge is 0.155 e. The van der Waals surface area contributed by atoms with Crippen LogP contribution in [0.25, 0.3) is 32.5 Å². The Morgan fingerprint density at radius 1 is 1.03 bits per heavy atom. The summed E-state index contributed by atoms with van der Waals surface area (Å²) in [5.41, 5.74) is 5.66. The van der Waals surface area contributed by atoms with Crippen molar-refractivity contribution in [3.63, 3.8) is 0 Å². The maximum Gasteiger partial charge on any atom is 0.155 e. The number of pyridine rings is 1. The minimum atomic E-state index is -0.125. The van der Waals surface area contributed by atoms with Crippen molar-refractivity contribution in [2.75, 3.05) is 0 Å². The fraction of sp³-hybridized carbons (Fsp3) is 0.0769. The van der Waals surface area contributed by atoms with Gasteiger partial charge in [-0.25, -0.2) is 0 Å². The van der Waals surface area contributed by atoms with Crippen LogP contribution >= 0.6 is 11.3 Å². The molecular weight excluding hydrogens is 583 g/mol. The van der Waals surface area contributed by atoms with Gasteiger partial charge in [-0.05, 0) is 36.2 Å². The third-order valence-corrected chi connectivity index (χ3v) is 5.41. The molecule has 0 aliphatic carbocycles. The number of aliphatic hydroxyl groups excluding tert-OH is 1. The number of carbonyl (C=O) groups is 1. The second-order valence-corrected chi connectivity index (χ2v) is 7.91. The van der Waals surface area contributed by atoms with Gasteiger partial charge < -0.3 is 9.67 Å². The summed E-state index contributed by atoms with van der Waals surface area (Å²) in [5.74, 6) is -0.0625. The van der Waals surface area contributed by atoms with Crippen molar-refractivity contribution < 1.29 is 34.6 Å². The number of benzene rings is 2. The first kappa shape index (κ1) is 24.4. The minimum absolute atomic E-state index is 0. The van der Waals surface area contributed by atoms with Crippen molar-refractivity contribution in [2.45, 2.75) is 13.8 Å². The van der Waals surface area contributed by atoms with E-state index >= 15 is 0 Å². The van der Waals surface area contributed by atoms with Gasteiger partial charge in [0.2, 0.25) is 0 Å². The summed E-state index contributed by atoms with van der Waals surface area (Å²) in [7, 11) is 4.14. The first-order valence-corrected chi connectivity index (χ1v) is 10.4. The van der Waals surface area contributed by atoms with Gasteiger partial charge in [0.1, 0.15) is 0 Å². The molecule has 0 amide bonds. The van der Waals surface area contributed by atoms with Crippen molar-refractivity contribution in [3.8, 4) is 22.4 Å². The molecule has 0 fully saturated rings. The van der Waals surface area contributed by atoms with E-state index in [-0.39, 0.29) is 31.6 Å². The van der Waals surface area contributed by atoms with Gasteiger partial charge in [0, 0.05) is 37.9 Å². The largest absolute Gasteiger partial charge is 0.512 e. The maximum absolute atomic E-state index is 10.0. The van der Waals surface area contributed by atoms with Crippen molar-refractivity contribution in [2.24, 2.45) is 0 Å². The van der Waals surface area contributed by atoms with Crippen LogP contribution in [0.15, 0.2) is 84.1 Å². The van der Waals surface area contributed by atoms with Crippen LogP contribution in [0.5, 0.6) is 0 Å². The second-order valence-electron chi connectivity index (χ2n) is 6.97. The normalized spacial score (nSPS) is 10.7. The molecule has 2 heterocycles. The third kappa shape index (κ3) is 6.08. The van der Waals surface area contributed by atoms with E-state index in [1.165, 1.54) is 41.1 Å². The Bertz CT molecular complexity index is 1210. The molecule has 31 heavy (non-hydrogen) atoms. The number of aliphatic hydroxyl groups is 1. The molecule has 0 atom stereocenters. The van der Waals surface area contributed by atoms with Crippen LogP contribution in [0, 0.1) is 14.0 Å². The number of hydrogen-bond donors (Lipinski definition) is 1. The molecule has 3 nitrogen and oxygen atoms in total. The van der Waals surface area contributed by atoms with Crippen LogP contribution in [0.3, 0.4) is 0 Å². The molecule has 5 heteroatoms. The Balaban J connectivity index is 0.000000373. The summed E-state index contributed by atoms with van der Waals surface area (Å²) in [6, 6.07) is 21.1. The zero-order chi connectivity index (χ0) is 21.7. The first-order valence-electron chi connectivity index (χ1n) is 9.49. The van der Waals surface area contributed by atoms with E-state index in [1.54, 1.807) is 11.3 Å². The number of ketones is 1. The molecule has 0 saturated heterocycles. The molecule has 0 aliphatic heterocycles. The Kier molecular flexibility index (Phi) is 8.64. The molecular formula is C26H24IrNO2S-. The van der Waals surface area contributed by atoms with Gasteiger partial charge in [0.15, 0.2) is 5.78 Å². The molecule has 0 spiro atoms. The van der Waals surface area contributed by atoms with Crippen LogP contribution in [-0.4, -0.2) is 10.9 Å². The van der Waals surface area contributed by atoms with Gasteiger partial charge in [-0.15, -0.1) is 23.0 Å². The fourth-order valence-electron chi connectivity index (χ4n) is 3.26. The molecule has 0 saturated carbocycles. The van der Waals surface area contributed by atoms with Gasteiger partial charge in [0.05, 0.1) is 17.6 Å². The molecule has 4 rings (SSSR count). The summed E-state index contributed by atoms with van der Waals surface area (Å²) in [6.45, 7) is 7.13. The predicted molar refractivity (Wildman–Crippen MR) is 125 cm³/mol. The van der Waals surface area contributed by atoms with Crippen LogP contribution in [0.2, 0.25) is 0 Å². The van der Waals surface area contributed by atoms with Crippen LogP contribution in [-0.2, 0) is 24.9 Å². The van der Waals surface area contributed by atoms with Gasteiger partial charge in [0.25, 0.3) is 0 Å². The maximum atomic E-state index is 10.0. The Morgan fingerprint density at radius 3 is 2.32 bits per heavy atom. The number of rotatable bonds is 3. The number of carbonyl (C=O) groups excluding carboxylic acids is 1. The molecule has 0 unspecified atom stereocenters. The molecule has 0 aliphatic rings. The molecule has 1 N–H and O–H groups in total. The van der Waals surface area contributed by atoms with Crippen molar-refractivity contribution >= 4 is 27.2 Å². The summed E-state index contributed by atoms with van der Waals surface area (Å²) >= 11 is 1.75. The SMILES string of the molecule is CC(=O)/C=C(/C)O.[CH2-]c1cc(-c2ccccc2)ccc1-c1c2ccsc2cc[n+]1[CH2-].[Ir]. The number of thiophene rings is 1. The van der Waals surface area contributed by atoms with Gasteiger partial charge >= 0.3 is 0 Å². The summed E-state index contributed by atoms with van der Waals surface area (Å²) in [6.07, 6.45) is 3.18. The number of fused-ring (bicyclic) bond motifs is 1. The summed E-state index contributed by atoms with van der Waals surface area (Å²) in [5, 5.41) is 11.7. The van der Waals surface area contributed by atoms with Gasteiger partial charge in [-0.3, -0.25) is 4.79 Å². The standard InChI is InChI=1S/C21H16NS.C5H8O2.Ir/c1-15-14-17(16-6-4-3-5-7-16)8-9-18(15)21-19-11-13-23-20(19)10-12-22(21)2;1-4(6)3-5(2)7;/h3-14H,1-2H2;3,6H,1-2H3;/q-1;;/b;4-3-;. The molecule has 2 aromatic carbocycles. The summed E-state index contributed by atoms with van der Waals surface area (Å²) in [4.78, 5) is 10.0. The average Bonchev–Trinajstić information content (AvgIpc) is 3.17. The molecule has 4 aromatic rings. The van der Waals surface area contributed by atoms with E-state index in [0.29, 0.717) is 0 Å². The number of nitrogens with zero attached hydrogens (tertiary/aromatic N) is 1. The quantitative estimate of drug-likeness (QED) is 0.127. The third-order valence-electron chi connectivity index (χ3n) is 4.52. The predicted octanol–water partition coefficient (Wildman–Crippen LogP) is 6.38. The van der Waals surface area contributed by atoms with E-state index in [1.807, 2.05) is 16.8 Å². The molecule has 0 bridgehead atoms. The van der Waals surface area contributed by atoms with E-state index in [0.717, 1.165) is 16.8 Å². The van der Waals surface area contributed by atoms with Crippen LogP contribution < -0.4 is 4.57 Å². The van der Waals surface area contributed by atoms with E-state index in [2.05, 4.69) is 73.9 Å². The average molecular weight is 607 g/mol. The minimum Gasteiger partial charge on any atom is -0.512 e. The van der Waals surface area contributed by atoms with Gasteiger partial charge in [-0.2, -0.15) is 18.6 Å². The molecule has 161 valence electrons. The second kappa shape index (κ2) is 11.0. The Hall–Kier alpha value is -2.85. The number of aromatic nitrogens is 1. The van der Waals surface area contributed by atoms with Crippen molar-refractivity contribution in [1.82, 2.24) is 0 Å². The Labute approximate surface area is 201 Å².